The number of rotatable bonds is 4. The van der Waals surface area contributed by atoms with Crippen LogP contribution < -0.4 is 5.56 Å². The third kappa shape index (κ3) is 4.00. The molecule has 0 radical (unpaired) electrons. The van der Waals surface area contributed by atoms with Crippen LogP contribution in [0.15, 0.2) is 34.2 Å². The maximum Gasteiger partial charge on any atom is 0.260 e. The third-order valence-electron chi connectivity index (χ3n) is 4.64. The second kappa shape index (κ2) is 7.42. The molecule has 8 heteroatoms. The Balaban J connectivity index is 1.64. The van der Waals surface area contributed by atoms with Crippen LogP contribution in [0.2, 0.25) is 0 Å². The minimum absolute atomic E-state index is 0.0852. The monoisotopic (exact) mass is 425 g/mol. The Labute approximate surface area is 177 Å². The molecule has 1 aromatic carbocycles. The number of nitrogens with zero attached hydrogens (tertiary/aromatic N) is 3. The smallest absolute Gasteiger partial charge is 0.260 e. The number of hydrogen-bond acceptors (Lipinski definition) is 6. The van der Waals surface area contributed by atoms with Crippen LogP contribution in [0.1, 0.15) is 42.9 Å². The van der Waals surface area contributed by atoms with E-state index in [1.807, 2.05) is 6.92 Å². The van der Waals surface area contributed by atoms with Gasteiger partial charge in [0.1, 0.15) is 16.5 Å². The zero-order chi connectivity index (χ0) is 20.8. The summed E-state index contributed by atoms with van der Waals surface area (Å²) in [4.78, 5) is 26.9. The second-order valence-corrected chi connectivity index (χ2v) is 10.2. The van der Waals surface area contributed by atoms with E-state index in [1.54, 1.807) is 11.3 Å². The third-order valence-corrected chi connectivity index (χ3v) is 6.50. The molecule has 0 bridgehead atoms. The summed E-state index contributed by atoms with van der Waals surface area (Å²) in [5.41, 5.74) is 3.03. The van der Waals surface area contributed by atoms with E-state index < -0.39 is 0 Å². The van der Waals surface area contributed by atoms with Gasteiger partial charge in [-0.1, -0.05) is 62.4 Å². The van der Waals surface area contributed by atoms with Crippen LogP contribution >= 0.6 is 23.1 Å². The normalized spacial score (nSPS) is 12.0. The Hall–Kier alpha value is -2.45. The molecule has 0 aliphatic heterocycles. The van der Waals surface area contributed by atoms with Crippen molar-refractivity contribution in [2.75, 3.05) is 0 Å². The summed E-state index contributed by atoms with van der Waals surface area (Å²) in [7, 11) is 0. The van der Waals surface area contributed by atoms with Gasteiger partial charge in [0.05, 0.1) is 11.1 Å². The van der Waals surface area contributed by atoms with E-state index in [1.165, 1.54) is 17.3 Å². The maximum atomic E-state index is 12.9. The zero-order valence-corrected chi connectivity index (χ0v) is 18.7. The number of thioether (sulfide) groups is 1. The van der Waals surface area contributed by atoms with Crippen molar-refractivity contribution in [2.24, 2.45) is 0 Å². The van der Waals surface area contributed by atoms with Gasteiger partial charge in [-0.05, 0) is 19.4 Å². The van der Waals surface area contributed by atoms with E-state index in [0.29, 0.717) is 22.1 Å². The number of aromatic nitrogens is 5. The number of thiophene rings is 1. The minimum atomic E-state index is -0.101. The van der Waals surface area contributed by atoms with Crippen LogP contribution in [0.3, 0.4) is 0 Å². The van der Waals surface area contributed by atoms with Crippen molar-refractivity contribution in [1.29, 1.82) is 0 Å². The van der Waals surface area contributed by atoms with Gasteiger partial charge in [0, 0.05) is 15.9 Å². The standard InChI is InChI=1S/C21H23N5OS2/c1-11-6-8-13(9-7-11)15-12(2)29-18-16(15)17(27)22-14(23-18)10-28-20-24-19(25-26-20)21(3,4)5/h6-9H,10H2,1-5H3,(H,22,23,27)(H,24,25,26). The van der Waals surface area contributed by atoms with Crippen molar-refractivity contribution in [3.8, 4) is 11.1 Å². The topological polar surface area (TPSA) is 87.3 Å². The van der Waals surface area contributed by atoms with Gasteiger partial charge in [-0.25, -0.2) is 9.97 Å². The molecule has 0 fully saturated rings. The fraction of sp³-hybridized carbons (Fsp3) is 0.333. The molecule has 3 heterocycles. The Kier molecular flexibility index (Phi) is 5.08. The van der Waals surface area contributed by atoms with Gasteiger partial charge in [0.25, 0.3) is 5.56 Å². The molecular formula is C21H23N5OS2. The highest BCUT2D eigenvalue weighted by molar-refractivity contribution is 7.98. The van der Waals surface area contributed by atoms with Gasteiger partial charge in [0.15, 0.2) is 0 Å². The number of nitrogens with one attached hydrogen (secondary N) is 2. The van der Waals surface area contributed by atoms with Crippen molar-refractivity contribution in [2.45, 2.75) is 50.9 Å². The minimum Gasteiger partial charge on any atom is -0.309 e. The molecule has 0 aliphatic carbocycles. The molecule has 4 rings (SSSR count). The van der Waals surface area contributed by atoms with Gasteiger partial charge in [-0.2, -0.15) is 0 Å². The molecule has 0 aliphatic rings. The number of aromatic amines is 2. The van der Waals surface area contributed by atoms with Crippen LogP contribution in [0.5, 0.6) is 0 Å². The molecule has 0 unspecified atom stereocenters. The van der Waals surface area contributed by atoms with Crippen LogP contribution in [0, 0.1) is 13.8 Å². The Morgan fingerprint density at radius 1 is 1.10 bits per heavy atom. The van der Waals surface area contributed by atoms with Crippen LogP contribution in [0.25, 0.3) is 21.3 Å². The molecule has 3 aromatic heterocycles. The summed E-state index contributed by atoms with van der Waals surface area (Å²) in [6.07, 6.45) is 0. The summed E-state index contributed by atoms with van der Waals surface area (Å²) in [6.45, 7) is 10.3. The average Bonchev–Trinajstić information content (AvgIpc) is 3.25. The first-order chi connectivity index (χ1) is 13.7. The largest absolute Gasteiger partial charge is 0.309 e. The SMILES string of the molecule is Cc1ccc(-c2c(C)sc3nc(CSc4n[nH]c(C(C)(C)C)n4)[nH]c(=O)c23)cc1. The van der Waals surface area contributed by atoms with Crippen molar-refractivity contribution in [1.82, 2.24) is 25.1 Å². The van der Waals surface area contributed by atoms with Crippen LogP contribution in [-0.4, -0.2) is 25.1 Å². The van der Waals surface area contributed by atoms with Gasteiger partial charge >= 0.3 is 0 Å². The Morgan fingerprint density at radius 3 is 2.48 bits per heavy atom. The lowest BCUT2D eigenvalue weighted by molar-refractivity contribution is 0.547. The Bertz CT molecular complexity index is 1230. The van der Waals surface area contributed by atoms with Crippen molar-refractivity contribution in [3.63, 3.8) is 0 Å². The van der Waals surface area contributed by atoms with E-state index in [4.69, 9.17) is 4.98 Å². The lowest BCUT2D eigenvalue weighted by Gasteiger charge is -2.12. The molecule has 150 valence electrons. The van der Waals surface area contributed by atoms with Crippen molar-refractivity contribution < 1.29 is 0 Å². The highest BCUT2D eigenvalue weighted by Gasteiger charge is 2.20. The number of H-pyrrole nitrogens is 2. The van der Waals surface area contributed by atoms with Gasteiger partial charge in [-0.3, -0.25) is 9.89 Å². The van der Waals surface area contributed by atoms with E-state index in [0.717, 1.165) is 26.7 Å². The quantitative estimate of drug-likeness (QED) is 0.451. The molecule has 2 N–H and O–H groups in total. The first kappa shape index (κ1) is 19.8. The van der Waals surface area contributed by atoms with E-state index >= 15 is 0 Å². The highest BCUT2D eigenvalue weighted by Crippen LogP contribution is 2.35. The first-order valence-electron chi connectivity index (χ1n) is 9.37. The average molecular weight is 426 g/mol. The van der Waals surface area contributed by atoms with E-state index in [-0.39, 0.29) is 11.0 Å². The van der Waals surface area contributed by atoms with Crippen LogP contribution in [-0.2, 0) is 11.2 Å². The molecule has 0 saturated carbocycles. The molecular weight excluding hydrogens is 402 g/mol. The second-order valence-electron chi connectivity index (χ2n) is 8.10. The molecule has 4 aromatic rings. The fourth-order valence-corrected chi connectivity index (χ4v) is 4.81. The number of hydrogen-bond donors (Lipinski definition) is 2. The van der Waals surface area contributed by atoms with Gasteiger partial charge in [-0.15, -0.1) is 16.4 Å². The first-order valence-corrected chi connectivity index (χ1v) is 11.2. The summed E-state index contributed by atoms with van der Waals surface area (Å²) >= 11 is 3.01. The summed E-state index contributed by atoms with van der Waals surface area (Å²) in [5.74, 6) is 1.98. The van der Waals surface area contributed by atoms with E-state index in [2.05, 4.69) is 72.1 Å². The number of aryl methyl sites for hydroxylation is 2. The maximum absolute atomic E-state index is 12.9. The van der Waals surface area contributed by atoms with Gasteiger partial charge in [0.2, 0.25) is 5.16 Å². The van der Waals surface area contributed by atoms with Crippen molar-refractivity contribution in [3.05, 3.63) is 56.7 Å². The van der Waals surface area contributed by atoms with Gasteiger partial charge < -0.3 is 4.98 Å². The summed E-state index contributed by atoms with van der Waals surface area (Å²) in [5, 5.41) is 8.56. The fourth-order valence-electron chi connectivity index (χ4n) is 3.08. The summed E-state index contributed by atoms with van der Waals surface area (Å²) in [6, 6.07) is 8.24. The lowest BCUT2D eigenvalue weighted by Crippen LogP contribution is -2.13. The zero-order valence-electron chi connectivity index (χ0n) is 17.1. The predicted molar refractivity (Wildman–Crippen MR) is 120 cm³/mol. The summed E-state index contributed by atoms with van der Waals surface area (Å²) < 4.78 is 0. The highest BCUT2D eigenvalue weighted by atomic mass is 32.2. The van der Waals surface area contributed by atoms with Crippen molar-refractivity contribution >= 4 is 33.3 Å². The molecule has 0 atom stereocenters. The molecule has 6 nitrogen and oxygen atoms in total. The number of benzene rings is 1. The molecule has 0 spiro atoms. The molecule has 29 heavy (non-hydrogen) atoms. The predicted octanol–water partition coefficient (Wildman–Crippen LogP) is 4.98. The number of fused-ring (bicyclic) bond motifs is 1. The Morgan fingerprint density at radius 2 is 1.83 bits per heavy atom. The molecule has 0 saturated heterocycles. The van der Waals surface area contributed by atoms with E-state index in [9.17, 15) is 4.79 Å². The lowest BCUT2D eigenvalue weighted by atomic mass is 9.96. The van der Waals surface area contributed by atoms with Crippen LogP contribution in [0.4, 0.5) is 0 Å². The molecule has 0 amide bonds.